The van der Waals surface area contributed by atoms with Crippen molar-refractivity contribution in [3.8, 4) is 17.0 Å². The number of anilines is 1. The van der Waals surface area contributed by atoms with Gasteiger partial charge in [0.15, 0.2) is 0 Å². The lowest BCUT2D eigenvalue weighted by atomic mass is 10.1. The molecule has 24 heavy (non-hydrogen) atoms. The number of nitrogens with one attached hydrogen (secondary N) is 1. The molecule has 1 heterocycles. The molecule has 0 saturated heterocycles. The van der Waals surface area contributed by atoms with E-state index in [0.29, 0.717) is 5.02 Å². The lowest BCUT2D eigenvalue weighted by molar-refractivity contribution is 0.415. The van der Waals surface area contributed by atoms with Crippen molar-refractivity contribution in [1.29, 1.82) is 0 Å². The van der Waals surface area contributed by atoms with Gasteiger partial charge < -0.3 is 4.74 Å². The van der Waals surface area contributed by atoms with Crippen molar-refractivity contribution in [3.05, 3.63) is 64.0 Å². The highest BCUT2D eigenvalue weighted by molar-refractivity contribution is 7.15. The Balaban J connectivity index is 1.72. The van der Waals surface area contributed by atoms with Crippen molar-refractivity contribution >= 4 is 34.3 Å². The Bertz CT molecular complexity index is 842. The van der Waals surface area contributed by atoms with Crippen LogP contribution in [0.2, 0.25) is 5.02 Å². The van der Waals surface area contributed by atoms with Gasteiger partial charge in [0.05, 0.1) is 19.0 Å². The first-order chi connectivity index (χ1) is 11.7. The average Bonchev–Trinajstić information content (AvgIpc) is 2.97. The number of nitrogens with zero attached hydrogens (tertiary/aromatic N) is 2. The van der Waals surface area contributed by atoms with Gasteiger partial charge in [-0.25, -0.2) is 4.98 Å². The lowest BCUT2D eigenvalue weighted by Gasteiger charge is -2.01. The smallest absolute Gasteiger partial charge is 0.204 e. The summed E-state index contributed by atoms with van der Waals surface area (Å²) in [6.45, 7) is 2.05. The highest BCUT2D eigenvalue weighted by atomic mass is 35.5. The SMILES string of the molecule is COc1ccc(-c2nc(NN=Cc3ccc(Cl)cc3)sc2C)cc1. The first-order valence-electron chi connectivity index (χ1n) is 7.32. The van der Waals surface area contributed by atoms with Gasteiger partial charge in [-0.05, 0) is 48.9 Å². The third kappa shape index (κ3) is 3.93. The van der Waals surface area contributed by atoms with Crippen molar-refractivity contribution in [1.82, 2.24) is 4.98 Å². The van der Waals surface area contributed by atoms with E-state index in [1.165, 1.54) is 0 Å². The highest BCUT2D eigenvalue weighted by Crippen LogP contribution is 2.31. The van der Waals surface area contributed by atoms with Gasteiger partial charge in [0.1, 0.15) is 5.75 Å². The molecule has 0 bridgehead atoms. The van der Waals surface area contributed by atoms with Crippen LogP contribution < -0.4 is 10.2 Å². The van der Waals surface area contributed by atoms with Crippen LogP contribution in [0, 0.1) is 6.92 Å². The van der Waals surface area contributed by atoms with Crippen molar-refractivity contribution < 1.29 is 4.74 Å². The zero-order chi connectivity index (χ0) is 16.9. The van der Waals surface area contributed by atoms with E-state index in [2.05, 4.69) is 15.5 Å². The molecule has 1 N–H and O–H groups in total. The van der Waals surface area contributed by atoms with Gasteiger partial charge in [0.25, 0.3) is 0 Å². The standard InChI is InChI=1S/C18H16ClN3OS/c1-12-17(14-5-9-16(23-2)10-6-14)21-18(24-12)22-20-11-13-3-7-15(19)8-4-13/h3-11H,1-2H3,(H,21,22). The summed E-state index contributed by atoms with van der Waals surface area (Å²) < 4.78 is 5.19. The molecule has 122 valence electrons. The molecule has 4 nitrogen and oxygen atoms in total. The number of hydrogen-bond acceptors (Lipinski definition) is 5. The maximum absolute atomic E-state index is 5.86. The number of rotatable bonds is 5. The summed E-state index contributed by atoms with van der Waals surface area (Å²) in [5.74, 6) is 0.831. The minimum atomic E-state index is 0.708. The zero-order valence-electron chi connectivity index (χ0n) is 13.3. The van der Waals surface area contributed by atoms with Gasteiger partial charge in [0, 0.05) is 15.5 Å². The van der Waals surface area contributed by atoms with Crippen LogP contribution in [0.3, 0.4) is 0 Å². The van der Waals surface area contributed by atoms with Gasteiger partial charge in [0.2, 0.25) is 5.13 Å². The summed E-state index contributed by atoms with van der Waals surface area (Å²) in [6.07, 6.45) is 1.74. The number of hydrazone groups is 1. The molecule has 3 rings (SSSR count). The number of thiazole rings is 1. The third-order valence-electron chi connectivity index (χ3n) is 3.40. The molecule has 0 radical (unpaired) electrons. The van der Waals surface area contributed by atoms with Crippen LogP contribution in [0.1, 0.15) is 10.4 Å². The van der Waals surface area contributed by atoms with Crippen LogP contribution >= 0.6 is 22.9 Å². The number of benzene rings is 2. The van der Waals surface area contributed by atoms with E-state index in [1.807, 2.05) is 55.5 Å². The second-order valence-electron chi connectivity index (χ2n) is 5.07. The van der Waals surface area contributed by atoms with Crippen molar-refractivity contribution in [2.75, 3.05) is 12.5 Å². The predicted molar refractivity (Wildman–Crippen MR) is 102 cm³/mol. The quantitative estimate of drug-likeness (QED) is 0.502. The first kappa shape index (κ1) is 16.5. The molecule has 0 aliphatic rings. The Kier molecular flexibility index (Phi) is 5.13. The molecule has 0 amide bonds. The zero-order valence-corrected chi connectivity index (χ0v) is 14.9. The molecule has 1 aromatic heterocycles. The first-order valence-corrected chi connectivity index (χ1v) is 8.51. The van der Waals surface area contributed by atoms with E-state index in [0.717, 1.165) is 32.6 Å². The van der Waals surface area contributed by atoms with Gasteiger partial charge in [-0.2, -0.15) is 5.10 Å². The number of aryl methyl sites for hydroxylation is 1. The van der Waals surface area contributed by atoms with Crippen LogP contribution in [0.25, 0.3) is 11.3 Å². The van der Waals surface area contributed by atoms with Gasteiger partial charge in [-0.1, -0.05) is 23.7 Å². The molecular formula is C18H16ClN3OS. The molecule has 6 heteroatoms. The summed E-state index contributed by atoms with van der Waals surface area (Å²) in [4.78, 5) is 5.74. The molecular weight excluding hydrogens is 342 g/mol. The van der Waals surface area contributed by atoms with Crippen LogP contribution in [-0.2, 0) is 0 Å². The van der Waals surface area contributed by atoms with E-state index in [-0.39, 0.29) is 0 Å². The van der Waals surface area contributed by atoms with Crippen molar-refractivity contribution in [2.45, 2.75) is 6.92 Å². The minimum Gasteiger partial charge on any atom is -0.497 e. The van der Waals surface area contributed by atoms with Gasteiger partial charge in [-0.15, -0.1) is 11.3 Å². The molecule has 0 aliphatic carbocycles. The second kappa shape index (κ2) is 7.47. The fourth-order valence-corrected chi connectivity index (χ4v) is 3.08. The summed E-state index contributed by atoms with van der Waals surface area (Å²) in [7, 11) is 1.66. The summed E-state index contributed by atoms with van der Waals surface area (Å²) in [5, 5.41) is 5.69. The monoisotopic (exact) mass is 357 g/mol. The maximum atomic E-state index is 5.86. The lowest BCUT2D eigenvalue weighted by Crippen LogP contribution is -1.90. The molecule has 3 aromatic rings. The van der Waals surface area contributed by atoms with Gasteiger partial charge in [-0.3, -0.25) is 5.43 Å². The molecule has 0 aliphatic heterocycles. The largest absolute Gasteiger partial charge is 0.497 e. The van der Waals surface area contributed by atoms with Crippen molar-refractivity contribution in [2.24, 2.45) is 5.10 Å². The summed E-state index contributed by atoms with van der Waals surface area (Å²) >= 11 is 7.43. The third-order valence-corrected chi connectivity index (χ3v) is 4.53. The Labute approximate surface area is 149 Å². The summed E-state index contributed by atoms with van der Waals surface area (Å²) in [6, 6.07) is 15.3. The topological polar surface area (TPSA) is 46.5 Å². The minimum absolute atomic E-state index is 0.708. The average molecular weight is 358 g/mol. The summed E-state index contributed by atoms with van der Waals surface area (Å²) in [5.41, 5.74) is 5.95. The predicted octanol–water partition coefficient (Wildman–Crippen LogP) is 5.23. The number of aromatic nitrogens is 1. The van der Waals surface area contributed by atoms with Gasteiger partial charge >= 0.3 is 0 Å². The molecule has 0 fully saturated rings. The number of halogens is 1. The van der Waals surface area contributed by atoms with E-state index < -0.39 is 0 Å². The Morgan fingerprint density at radius 3 is 2.50 bits per heavy atom. The van der Waals surface area contributed by atoms with E-state index in [9.17, 15) is 0 Å². The Morgan fingerprint density at radius 1 is 1.12 bits per heavy atom. The van der Waals surface area contributed by atoms with E-state index >= 15 is 0 Å². The van der Waals surface area contributed by atoms with Crippen molar-refractivity contribution in [3.63, 3.8) is 0 Å². The molecule has 2 aromatic carbocycles. The van der Waals surface area contributed by atoms with Crippen LogP contribution in [0.4, 0.5) is 5.13 Å². The highest BCUT2D eigenvalue weighted by Gasteiger charge is 2.09. The molecule has 0 saturated carbocycles. The van der Waals surface area contributed by atoms with Crippen LogP contribution in [0.5, 0.6) is 5.75 Å². The fourth-order valence-electron chi connectivity index (χ4n) is 2.17. The Morgan fingerprint density at radius 2 is 1.83 bits per heavy atom. The molecule has 0 unspecified atom stereocenters. The number of hydrogen-bond donors (Lipinski definition) is 1. The Hall–Kier alpha value is -2.37. The van der Waals surface area contributed by atoms with Crippen LogP contribution in [-0.4, -0.2) is 18.3 Å². The van der Waals surface area contributed by atoms with E-state index in [4.69, 9.17) is 16.3 Å². The molecule has 0 spiro atoms. The number of ether oxygens (including phenoxy) is 1. The molecule has 0 atom stereocenters. The van der Waals surface area contributed by atoms with E-state index in [1.54, 1.807) is 24.7 Å². The fraction of sp³-hybridized carbons (Fsp3) is 0.111. The van der Waals surface area contributed by atoms with Crippen LogP contribution in [0.15, 0.2) is 53.6 Å². The normalized spacial score (nSPS) is 11.0. The maximum Gasteiger partial charge on any atom is 0.204 e. The second-order valence-corrected chi connectivity index (χ2v) is 6.71. The number of methoxy groups -OCH3 is 1.